The minimum atomic E-state index is -0.691. The van der Waals surface area contributed by atoms with Crippen molar-refractivity contribution < 1.29 is 19.4 Å². The van der Waals surface area contributed by atoms with Crippen LogP contribution in [0.5, 0.6) is 0 Å². The Hall–Kier alpha value is -2.86. The number of nitrogens with one attached hydrogen (secondary N) is 1. The standard InChI is InChI=1S/C21H24N2O4/c1-27-20(25)12-19-21(26)23(10-9-15-5-3-2-4-6-15)13-17-8-7-16(14-24)11-18(17)22-19/h2-8,11,19,22,24H,9-10,12-14H2,1H3. The number of esters is 1. The average molecular weight is 368 g/mol. The van der Waals surface area contributed by atoms with Crippen molar-refractivity contribution in [3.8, 4) is 0 Å². The summed E-state index contributed by atoms with van der Waals surface area (Å²) in [4.78, 5) is 26.6. The van der Waals surface area contributed by atoms with Gasteiger partial charge in [0.1, 0.15) is 6.04 Å². The van der Waals surface area contributed by atoms with E-state index in [1.807, 2.05) is 48.5 Å². The van der Waals surface area contributed by atoms with Gasteiger partial charge in [-0.3, -0.25) is 9.59 Å². The number of methoxy groups -OCH3 is 1. The molecule has 142 valence electrons. The molecule has 2 N–H and O–H groups in total. The lowest BCUT2D eigenvalue weighted by molar-refractivity contribution is -0.144. The molecule has 3 rings (SSSR count). The number of benzene rings is 2. The third kappa shape index (κ3) is 4.65. The van der Waals surface area contributed by atoms with Crippen molar-refractivity contribution >= 4 is 17.6 Å². The summed E-state index contributed by atoms with van der Waals surface area (Å²) in [6, 6.07) is 14.9. The predicted molar refractivity (Wildman–Crippen MR) is 102 cm³/mol. The Kier molecular flexibility index (Phi) is 6.08. The second-order valence-corrected chi connectivity index (χ2v) is 6.62. The lowest BCUT2D eigenvalue weighted by atomic mass is 10.1. The zero-order valence-electron chi connectivity index (χ0n) is 15.4. The Morgan fingerprint density at radius 2 is 2.00 bits per heavy atom. The van der Waals surface area contributed by atoms with Crippen molar-refractivity contribution in [1.82, 2.24) is 4.90 Å². The molecule has 0 aliphatic carbocycles. The van der Waals surface area contributed by atoms with Crippen molar-refractivity contribution in [2.24, 2.45) is 0 Å². The number of hydrogen-bond acceptors (Lipinski definition) is 5. The molecule has 0 radical (unpaired) electrons. The SMILES string of the molecule is COC(=O)CC1Nc2cc(CO)ccc2CN(CCc2ccccc2)C1=O. The van der Waals surface area contributed by atoms with Gasteiger partial charge in [-0.05, 0) is 29.2 Å². The number of carbonyl (C=O) groups excluding carboxylic acids is 2. The third-order valence-corrected chi connectivity index (χ3v) is 4.77. The van der Waals surface area contributed by atoms with Gasteiger partial charge in [-0.2, -0.15) is 0 Å². The Balaban J connectivity index is 1.84. The van der Waals surface area contributed by atoms with Crippen molar-refractivity contribution in [3.05, 3.63) is 65.2 Å². The molecule has 0 bridgehead atoms. The first-order chi connectivity index (χ1) is 13.1. The maximum Gasteiger partial charge on any atom is 0.308 e. The van der Waals surface area contributed by atoms with Crippen molar-refractivity contribution in [1.29, 1.82) is 0 Å². The number of rotatable bonds is 6. The van der Waals surface area contributed by atoms with E-state index in [1.54, 1.807) is 4.90 Å². The normalized spacial score (nSPS) is 16.3. The monoisotopic (exact) mass is 368 g/mol. The maximum absolute atomic E-state index is 13.0. The number of anilines is 1. The number of fused-ring (bicyclic) bond motifs is 1. The van der Waals surface area contributed by atoms with Gasteiger partial charge >= 0.3 is 5.97 Å². The predicted octanol–water partition coefficient (Wildman–Crippen LogP) is 2.11. The third-order valence-electron chi connectivity index (χ3n) is 4.77. The molecule has 6 nitrogen and oxygen atoms in total. The Labute approximate surface area is 158 Å². The van der Waals surface area contributed by atoms with Crippen molar-refractivity contribution in [2.75, 3.05) is 19.0 Å². The number of carbonyl (C=O) groups is 2. The molecule has 27 heavy (non-hydrogen) atoms. The minimum Gasteiger partial charge on any atom is -0.469 e. The van der Waals surface area contributed by atoms with Crippen LogP contribution in [0.1, 0.15) is 23.1 Å². The van der Waals surface area contributed by atoms with Crippen LogP contribution in [-0.2, 0) is 33.9 Å². The minimum absolute atomic E-state index is 0.0417. The van der Waals surface area contributed by atoms with E-state index in [0.717, 1.165) is 28.8 Å². The number of aliphatic hydroxyl groups is 1. The molecule has 0 spiro atoms. The van der Waals surface area contributed by atoms with Gasteiger partial charge in [-0.15, -0.1) is 0 Å². The first-order valence-corrected chi connectivity index (χ1v) is 8.99. The van der Waals surface area contributed by atoms with Gasteiger partial charge in [-0.25, -0.2) is 0 Å². The van der Waals surface area contributed by atoms with E-state index in [0.29, 0.717) is 13.1 Å². The van der Waals surface area contributed by atoms with E-state index < -0.39 is 12.0 Å². The van der Waals surface area contributed by atoms with Crippen LogP contribution in [0.3, 0.4) is 0 Å². The Morgan fingerprint density at radius 3 is 2.70 bits per heavy atom. The molecule has 0 aromatic heterocycles. The van der Waals surface area contributed by atoms with E-state index in [2.05, 4.69) is 5.32 Å². The van der Waals surface area contributed by atoms with Crippen LogP contribution in [0.15, 0.2) is 48.5 Å². The molecule has 1 unspecified atom stereocenters. The zero-order valence-corrected chi connectivity index (χ0v) is 15.4. The molecular weight excluding hydrogens is 344 g/mol. The Morgan fingerprint density at radius 1 is 1.22 bits per heavy atom. The summed E-state index contributed by atoms with van der Waals surface area (Å²) in [5.74, 6) is -0.566. The van der Waals surface area contributed by atoms with E-state index >= 15 is 0 Å². The van der Waals surface area contributed by atoms with Gasteiger partial charge in [0, 0.05) is 18.8 Å². The fourth-order valence-corrected chi connectivity index (χ4v) is 3.23. The first-order valence-electron chi connectivity index (χ1n) is 8.99. The summed E-state index contributed by atoms with van der Waals surface area (Å²) in [6.45, 7) is 0.934. The van der Waals surface area contributed by atoms with E-state index in [9.17, 15) is 14.7 Å². The molecule has 1 aliphatic rings. The number of nitrogens with zero attached hydrogens (tertiary/aromatic N) is 1. The second-order valence-electron chi connectivity index (χ2n) is 6.62. The number of amides is 1. The summed E-state index contributed by atoms with van der Waals surface area (Å²) < 4.78 is 4.75. The highest BCUT2D eigenvalue weighted by atomic mass is 16.5. The van der Waals surface area contributed by atoms with Crippen LogP contribution >= 0.6 is 0 Å². The highest BCUT2D eigenvalue weighted by Gasteiger charge is 2.31. The van der Waals surface area contributed by atoms with Crippen molar-refractivity contribution in [2.45, 2.75) is 32.0 Å². The second kappa shape index (κ2) is 8.68. The smallest absolute Gasteiger partial charge is 0.308 e. The Bertz CT molecular complexity index is 807. The van der Waals surface area contributed by atoms with E-state index in [1.165, 1.54) is 7.11 Å². The largest absolute Gasteiger partial charge is 0.469 e. The molecule has 2 aromatic carbocycles. The molecular formula is C21H24N2O4. The van der Waals surface area contributed by atoms with Crippen LogP contribution in [0.4, 0.5) is 5.69 Å². The summed E-state index contributed by atoms with van der Waals surface area (Å²) in [5.41, 5.74) is 3.64. The average Bonchev–Trinajstić information content (AvgIpc) is 2.83. The van der Waals surface area contributed by atoms with Gasteiger partial charge < -0.3 is 20.1 Å². The molecule has 1 atom stereocenters. The topological polar surface area (TPSA) is 78.9 Å². The molecule has 0 saturated carbocycles. The van der Waals surface area contributed by atoms with E-state index in [4.69, 9.17) is 4.74 Å². The summed E-state index contributed by atoms with van der Waals surface area (Å²) in [6.07, 6.45) is 0.696. The van der Waals surface area contributed by atoms with Gasteiger partial charge in [-0.1, -0.05) is 42.5 Å². The number of ether oxygens (including phenoxy) is 1. The number of aliphatic hydroxyl groups excluding tert-OH is 1. The molecule has 2 aromatic rings. The maximum atomic E-state index is 13.0. The highest BCUT2D eigenvalue weighted by Crippen LogP contribution is 2.26. The van der Waals surface area contributed by atoms with Crippen LogP contribution in [0.25, 0.3) is 0 Å². The van der Waals surface area contributed by atoms with Crippen LogP contribution in [-0.4, -0.2) is 41.6 Å². The quantitative estimate of drug-likeness (QED) is 0.764. The molecule has 0 fully saturated rings. The van der Waals surface area contributed by atoms with Gasteiger partial charge in [0.2, 0.25) is 5.91 Å². The van der Waals surface area contributed by atoms with Crippen molar-refractivity contribution in [3.63, 3.8) is 0 Å². The van der Waals surface area contributed by atoms with Gasteiger partial charge in [0.15, 0.2) is 0 Å². The fourth-order valence-electron chi connectivity index (χ4n) is 3.23. The molecule has 1 heterocycles. The van der Waals surface area contributed by atoms with Crippen LogP contribution < -0.4 is 5.32 Å². The van der Waals surface area contributed by atoms with Gasteiger partial charge in [0.05, 0.1) is 20.1 Å². The van der Waals surface area contributed by atoms with Crippen LogP contribution in [0, 0.1) is 0 Å². The lowest BCUT2D eigenvalue weighted by Gasteiger charge is -2.24. The fraction of sp³-hybridized carbons (Fsp3) is 0.333. The summed E-state index contributed by atoms with van der Waals surface area (Å²) >= 11 is 0. The highest BCUT2D eigenvalue weighted by molar-refractivity contribution is 5.90. The summed E-state index contributed by atoms with van der Waals surface area (Å²) in [5, 5.41) is 12.6. The molecule has 6 heteroatoms. The number of hydrogen-bond donors (Lipinski definition) is 2. The molecule has 1 aliphatic heterocycles. The van der Waals surface area contributed by atoms with Gasteiger partial charge in [0.25, 0.3) is 0 Å². The molecule has 0 saturated heterocycles. The summed E-state index contributed by atoms with van der Waals surface area (Å²) in [7, 11) is 1.31. The van der Waals surface area contributed by atoms with Crippen LogP contribution in [0.2, 0.25) is 0 Å². The zero-order chi connectivity index (χ0) is 19.2. The first kappa shape index (κ1) is 18.9. The van der Waals surface area contributed by atoms with E-state index in [-0.39, 0.29) is 18.9 Å². The lowest BCUT2D eigenvalue weighted by Crippen LogP contribution is -2.42. The molecule has 1 amide bonds.